The number of hydrogen-bond donors (Lipinski definition) is 0. The Kier molecular flexibility index (Phi) is 2.82. The zero-order chi connectivity index (χ0) is 9.97. The van der Waals surface area contributed by atoms with Crippen LogP contribution in [0, 0.1) is 12.7 Å². The maximum absolute atomic E-state index is 13.3. The molecule has 0 amide bonds. The minimum atomic E-state index is -0.108. The zero-order valence-electron chi connectivity index (χ0n) is 8.46. The van der Waals surface area contributed by atoms with Gasteiger partial charge in [-0.15, -0.1) is 0 Å². The standard InChI is InChI=1S/C12H15FN/c1-9-10(5-4-6-11(9)13)12-7-2-3-8-14-12/h4-6,12H,2-3,7-8H2,1H3. The Balaban J connectivity index is 2.26. The van der Waals surface area contributed by atoms with Crippen LogP contribution in [0.5, 0.6) is 0 Å². The molecule has 14 heavy (non-hydrogen) atoms. The van der Waals surface area contributed by atoms with Crippen LogP contribution in [-0.2, 0) is 0 Å². The van der Waals surface area contributed by atoms with Crippen molar-refractivity contribution < 1.29 is 4.39 Å². The molecule has 1 aliphatic heterocycles. The highest BCUT2D eigenvalue weighted by atomic mass is 19.1. The van der Waals surface area contributed by atoms with Crippen molar-refractivity contribution in [2.45, 2.75) is 32.2 Å². The summed E-state index contributed by atoms with van der Waals surface area (Å²) in [5, 5.41) is 4.53. The fraction of sp³-hybridized carbons (Fsp3) is 0.500. The molecule has 1 saturated heterocycles. The molecular formula is C12H15FN. The molecule has 0 N–H and O–H groups in total. The van der Waals surface area contributed by atoms with Gasteiger partial charge in [0.05, 0.1) is 0 Å². The van der Waals surface area contributed by atoms with Gasteiger partial charge in [0.15, 0.2) is 0 Å². The van der Waals surface area contributed by atoms with Crippen LogP contribution < -0.4 is 5.32 Å². The van der Waals surface area contributed by atoms with Crippen molar-refractivity contribution in [2.24, 2.45) is 0 Å². The van der Waals surface area contributed by atoms with E-state index in [0.29, 0.717) is 0 Å². The van der Waals surface area contributed by atoms with Crippen LogP contribution in [0.2, 0.25) is 0 Å². The normalized spacial score (nSPS) is 22.3. The van der Waals surface area contributed by atoms with Crippen LogP contribution in [0.25, 0.3) is 0 Å². The van der Waals surface area contributed by atoms with E-state index in [1.54, 1.807) is 6.07 Å². The van der Waals surface area contributed by atoms with E-state index in [0.717, 1.165) is 24.1 Å². The monoisotopic (exact) mass is 192 g/mol. The molecule has 1 radical (unpaired) electrons. The average molecular weight is 192 g/mol. The molecule has 2 rings (SSSR count). The Morgan fingerprint density at radius 1 is 1.36 bits per heavy atom. The second-order valence-corrected chi connectivity index (χ2v) is 3.87. The molecule has 1 nitrogen and oxygen atoms in total. The fourth-order valence-corrected chi connectivity index (χ4v) is 2.03. The number of halogens is 1. The van der Waals surface area contributed by atoms with Crippen LogP contribution >= 0.6 is 0 Å². The second-order valence-electron chi connectivity index (χ2n) is 3.87. The zero-order valence-corrected chi connectivity index (χ0v) is 8.46. The van der Waals surface area contributed by atoms with Gasteiger partial charge in [0, 0.05) is 12.6 Å². The van der Waals surface area contributed by atoms with Crippen molar-refractivity contribution in [3.8, 4) is 0 Å². The third-order valence-electron chi connectivity index (χ3n) is 2.90. The fourth-order valence-electron chi connectivity index (χ4n) is 2.03. The van der Waals surface area contributed by atoms with Crippen molar-refractivity contribution in [1.82, 2.24) is 5.32 Å². The number of rotatable bonds is 1. The van der Waals surface area contributed by atoms with Gasteiger partial charge in [0.1, 0.15) is 5.82 Å². The van der Waals surface area contributed by atoms with E-state index in [2.05, 4.69) is 5.32 Å². The van der Waals surface area contributed by atoms with E-state index in [4.69, 9.17) is 0 Å². The predicted octanol–water partition coefficient (Wildman–Crippen LogP) is 2.96. The summed E-state index contributed by atoms with van der Waals surface area (Å²) >= 11 is 0. The van der Waals surface area contributed by atoms with Crippen molar-refractivity contribution in [3.05, 3.63) is 35.1 Å². The Morgan fingerprint density at radius 2 is 2.21 bits per heavy atom. The molecular weight excluding hydrogens is 177 g/mol. The van der Waals surface area contributed by atoms with Gasteiger partial charge >= 0.3 is 0 Å². The number of nitrogens with zero attached hydrogens (tertiary/aromatic N) is 1. The molecule has 75 valence electrons. The maximum Gasteiger partial charge on any atom is 0.126 e. The van der Waals surface area contributed by atoms with Crippen LogP contribution in [0.3, 0.4) is 0 Å². The Hall–Kier alpha value is -0.890. The summed E-state index contributed by atoms with van der Waals surface area (Å²) in [5.74, 6) is -0.108. The van der Waals surface area contributed by atoms with E-state index in [1.165, 1.54) is 18.9 Å². The van der Waals surface area contributed by atoms with Gasteiger partial charge < -0.3 is 0 Å². The summed E-state index contributed by atoms with van der Waals surface area (Å²) in [6.07, 6.45) is 3.47. The average Bonchev–Trinajstić information content (AvgIpc) is 2.23. The molecule has 1 aromatic rings. The van der Waals surface area contributed by atoms with Crippen molar-refractivity contribution in [1.29, 1.82) is 0 Å². The topological polar surface area (TPSA) is 14.1 Å². The highest BCUT2D eigenvalue weighted by molar-refractivity contribution is 5.30. The molecule has 0 saturated carbocycles. The summed E-state index contributed by atoms with van der Waals surface area (Å²) in [6.45, 7) is 2.77. The van der Waals surface area contributed by atoms with Crippen LogP contribution in [0.4, 0.5) is 4.39 Å². The first-order chi connectivity index (χ1) is 6.79. The van der Waals surface area contributed by atoms with Crippen LogP contribution in [-0.4, -0.2) is 6.54 Å². The van der Waals surface area contributed by atoms with Gasteiger partial charge in [-0.3, -0.25) is 0 Å². The van der Waals surface area contributed by atoms with Gasteiger partial charge in [0.2, 0.25) is 0 Å². The number of benzene rings is 1. The molecule has 0 aromatic heterocycles. The highest BCUT2D eigenvalue weighted by Gasteiger charge is 2.18. The maximum atomic E-state index is 13.3. The third kappa shape index (κ3) is 1.80. The molecule has 1 heterocycles. The first kappa shape index (κ1) is 9.66. The number of hydrogen-bond acceptors (Lipinski definition) is 0. The largest absolute Gasteiger partial charge is 0.234 e. The van der Waals surface area contributed by atoms with Crippen molar-refractivity contribution in [3.63, 3.8) is 0 Å². The van der Waals surface area contributed by atoms with Crippen molar-refractivity contribution in [2.75, 3.05) is 6.54 Å². The molecule has 1 atom stereocenters. The summed E-state index contributed by atoms with van der Waals surface area (Å²) in [6, 6.07) is 5.53. The Bertz CT molecular complexity index is 316. The van der Waals surface area contributed by atoms with Crippen LogP contribution in [0.1, 0.15) is 36.4 Å². The molecule has 2 heteroatoms. The second kappa shape index (κ2) is 4.09. The van der Waals surface area contributed by atoms with Crippen LogP contribution in [0.15, 0.2) is 18.2 Å². The molecule has 0 spiro atoms. The lowest BCUT2D eigenvalue weighted by Crippen LogP contribution is -2.21. The summed E-state index contributed by atoms with van der Waals surface area (Å²) in [7, 11) is 0. The van der Waals surface area contributed by atoms with E-state index in [1.807, 2.05) is 13.0 Å². The molecule has 1 unspecified atom stereocenters. The molecule has 1 aliphatic rings. The minimum absolute atomic E-state index is 0.108. The third-order valence-corrected chi connectivity index (χ3v) is 2.90. The smallest absolute Gasteiger partial charge is 0.126 e. The van der Waals surface area contributed by atoms with Gasteiger partial charge in [0.25, 0.3) is 0 Å². The first-order valence-electron chi connectivity index (χ1n) is 5.20. The number of piperidine rings is 1. The van der Waals surface area contributed by atoms with E-state index in [-0.39, 0.29) is 11.9 Å². The summed E-state index contributed by atoms with van der Waals surface area (Å²) in [4.78, 5) is 0. The van der Waals surface area contributed by atoms with E-state index < -0.39 is 0 Å². The highest BCUT2D eigenvalue weighted by Crippen LogP contribution is 2.27. The van der Waals surface area contributed by atoms with Gasteiger partial charge in [-0.2, -0.15) is 0 Å². The lowest BCUT2D eigenvalue weighted by Gasteiger charge is -2.23. The SMILES string of the molecule is Cc1c(F)cccc1C1CCCC[N]1. The van der Waals surface area contributed by atoms with Gasteiger partial charge in [-0.25, -0.2) is 9.71 Å². The lowest BCUT2D eigenvalue weighted by atomic mass is 9.94. The predicted molar refractivity (Wildman–Crippen MR) is 54.7 cm³/mol. The molecule has 1 fully saturated rings. The molecule has 0 aliphatic carbocycles. The minimum Gasteiger partial charge on any atom is -0.234 e. The van der Waals surface area contributed by atoms with Gasteiger partial charge in [-0.1, -0.05) is 18.6 Å². The Morgan fingerprint density at radius 3 is 2.93 bits per heavy atom. The lowest BCUT2D eigenvalue weighted by molar-refractivity contribution is 0.400. The Labute approximate surface area is 84.3 Å². The van der Waals surface area contributed by atoms with Crippen molar-refractivity contribution >= 4 is 0 Å². The summed E-state index contributed by atoms with van der Waals surface area (Å²) in [5.41, 5.74) is 1.84. The molecule has 0 bridgehead atoms. The van der Waals surface area contributed by atoms with E-state index >= 15 is 0 Å². The van der Waals surface area contributed by atoms with Gasteiger partial charge in [-0.05, 0) is 37.0 Å². The first-order valence-corrected chi connectivity index (χ1v) is 5.20. The van der Waals surface area contributed by atoms with E-state index in [9.17, 15) is 4.39 Å². The summed E-state index contributed by atoms with van der Waals surface area (Å²) < 4.78 is 13.3. The molecule has 1 aromatic carbocycles. The quantitative estimate of drug-likeness (QED) is 0.649.